The van der Waals surface area contributed by atoms with Crippen molar-refractivity contribution in [2.75, 3.05) is 7.11 Å². The molecular weight excluding hydrogens is 250 g/mol. The Morgan fingerprint density at radius 2 is 2.10 bits per heavy atom. The summed E-state index contributed by atoms with van der Waals surface area (Å²) in [6.07, 6.45) is 4.72. The molecule has 20 heavy (non-hydrogen) atoms. The summed E-state index contributed by atoms with van der Waals surface area (Å²) in [6, 6.07) is 6.22. The molecule has 0 radical (unpaired) electrons. The van der Waals surface area contributed by atoms with Crippen molar-refractivity contribution in [3.8, 4) is 5.75 Å². The second kappa shape index (κ2) is 5.41. The van der Waals surface area contributed by atoms with E-state index in [9.17, 15) is 0 Å². The Morgan fingerprint density at radius 1 is 1.30 bits per heavy atom. The number of benzene rings is 1. The molecule has 0 amide bonds. The molecule has 0 bridgehead atoms. The highest BCUT2D eigenvalue weighted by Crippen LogP contribution is 2.32. The van der Waals surface area contributed by atoms with Crippen LogP contribution >= 0.6 is 0 Å². The van der Waals surface area contributed by atoms with E-state index >= 15 is 0 Å². The highest BCUT2D eigenvalue weighted by atomic mass is 16.5. The molecule has 3 rings (SSSR count). The highest BCUT2D eigenvalue weighted by Gasteiger charge is 2.22. The standard InChI is InChI=1S/C17H21NO2/c1-11(2)15-6-7-18-17-12(10-20-13-4-5-13)8-14(19-3)9-16(15)17/h6-9,11,13H,4-5,10H2,1-3H3. The Kier molecular flexibility index (Phi) is 3.62. The number of rotatable bonds is 5. The van der Waals surface area contributed by atoms with Gasteiger partial charge in [0.2, 0.25) is 0 Å². The van der Waals surface area contributed by atoms with Gasteiger partial charge in [0.15, 0.2) is 0 Å². The summed E-state index contributed by atoms with van der Waals surface area (Å²) in [4.78, 5) is 4.56. The number of hydrogen-bond acceptors (Lipinski definition) is 3. The molecule has 3 heteroatoms. The molecule has 1 fully saturated rings. The van der Waals surface area contributed by atoms with Crippen LogP contribution in [0.4, 0.5) is 0 Å². The van der Waals surface area contributed by atoms with E-state index in [1.165, 1.54) is 23.8 Å². The maximum absolute atomic E-state index is 5.85. The SMILES string of the molecule is COc1cc(COC2CC2)c2nccc(C(C)C)c2c1. The molecule has 0 unspecified atom stereocenters. The summed E-state index contributed by atoms with van der Waals surface area (Å²) in [5.74, 6) is 1.34. The van der Waals surface area contributed by atoms with E-state index in [2.05, 4.69) is 31.0 Å². The molecule has 3 nitrogen and oxygen atoms in total. The van der Waals surface area contributed by atoms with Crippen molar-refractivity contribution in [3.63, 3.8) is 0 Å². The van der Waals surface area contributed by atoms with Crippen LogP contribution in [0.3, 0.4) is 0 Å². The van der Waals surface area contributed by atoms with Crippen LogP contribution in [-0.4, -0.2) is 18.2 Å². The van der Waals surface area contributed by atoms with E-state index in [0.717, 1.165) is 16.8 Å². The highest BCUT2D eigenvalue weighted by molar-refractivity contribution is 5.86. The third kappa shape index (κ3) is 2.63. The van der Waals surface area contributed by atoms with Gasteiger partial charge in [0.05, 0.1) is 25.3 Å². The first kappa shape index (κ1) is 13.4. The molecule has 2 aromatic rings. The fourth-order valence-corrected chi connectivity index (χ4v) is 2.49. The van der Waals surface area contributed by atoms with E-state index in [-0.39, 0.29) is 0 Å². The summed E-state index contributed by atoms with van der Waals surface area (Å²) >= 11 is 0. The molecule has 0 atom stereocenters. The minimum atomic E-state index is 0.449. The molecule has 1 aliphatic carbocycles. The van der Waals surface area contributed by atoms with Crippen molar-refractivity contribution >= 4 is 10.9 Å². The van der Waals surface area contributed by atoms with Crippen molar-refractivity contribution < 1.29 is 9.47 Å². The Balaban J connectivity index is 2.08. The van der Waals surface area contributed by atoms with Gasteiger partial charge in [-0.2, -0.15) is 0 Å². The normalized spacial score (nSPS) is 15.0. The van der Waals surface area contributed by atoms with E-state index in [4.69, 9.17) is 9.47 Å². The fourth-order valence-electron chi connectivity index (χ4n) is 2.49. The Labute approximate surface area is 119 Å². The van der Waals surface area contributed by atoms with Crippen LogP contribution in [0.1, 0.15) is 43.7 Å². The maximum Gasteiger partial charge on any atom is 0.119 e. The van der Waals surface area contributed by atoms with Gasteiger partial charge in [0.1, 0.15) is 5.75 Å². The predicted octanol–water partition coefficient (Wildman–Crippen LogP) is 4.05. The summed E-state index contributed by atoms with van der Waals surface area (Å²) in [6.45, 7) is 5.02. The van der Waals surface area contributed by atoms with Gasteiger partial charge >= 0.3 is 0 Å². The molecule has 106 valence electrons. The third-order valence-corrected chi connectivity index (χ3v) is 3.79. The molecule has 0 N–H and O–H groups in total. The van der Waals surface area contributed by atoms with Gasteiger partial charge < -0.3 is 9.47 Å². The minimum Gasteiger partial charge on any atom is -0.497 e. The molecule has 0 spiro atoms. The van der Waals surface area contributed by atoms with Crippen LogP contribution in [0.2, 0.25) is 0 Å². The van der Waals surface area contributed by atoms with Crippen LogP contribution < -0.4 is 4.74 Å². The molecule has 0 aliphatic heterocycles. The van der Waals surface area contributed by atoms with Crippen LogP contribution in [-0.2, 0) is 11.3 Å². The number of fused-ring (bicyclic) bond motifs is 1. The average molecular weight is 271 g/mol. The topological polar surface area (TPSA) is 31.4 Å². The van der Waals surface area contributed by atoms with Gasteiger partial charge in [-0.3, -0.25) is 4.98 Å². The molecule has 1 heterocycles. The zero-order chi connectivity index (χ0) is 14.1. The first-order valence-electron chi connectivity index (χ1n) is 7.26. The van der Waals surface area contributed by atoms with Crippen molar-refractivity contribution in [3.05, 3.63) is 35.5 Å². The summed E-state index contributed by atoms with van der Waals surface area (Å²) in [5.41, 5.74) is 3.47. The zero-order valence-electron chi connectivity index (χ0n) is 12.3. The monoisotopic (exact) mass is 271 g/mol. The molecular formula is C17H21NO2. The van der Waals surface area contributed by atoms with E-state index < -0.39 is 0 Å². The minimum absolute atomic E-state index is 0.449. The molecule has 1 aliphatic rings. The van der Waals surface area contributed by atoms with Crippen LogP contribution in [0.25, 0.3) is 10.9 Å². The Bertz CT molecular complexity index is 618. The maximum atomic E-state index is 5.85. The molecule has 1 saturated carbocycles. The van der Waals surface area contributed by atoms with Crippen molar-refractivity contribution in [1.29, 1.82) is 0 Å². The van der Waals surface area contributed by atoms with E-state index in [1.54, 1.807) is 7.11 Å². The number of ether oxygens (including phenoxy) is 2. The third-order valence-electron chi connectivity index (χ3n) is 3.79. The van der Waals surface area contributed by atoms with Crippen LogP contribution in [0.15, 0.2) is 24.4 Å². The lowest BCUT2D eigenvalue weighted by atomic mass is 9.97. The van der Waals surface area contributed by atoms with Crippen molar-refractivity contribution in [2.24, 2.45) is 0 Å². The molecule has 1 aromatic carbocycles. The van der Waals surface area contributed by atoms with E-state index in [1.807, 2.05) is 12.3 Å². The largest absolute Gasteiger partial charge is 0.497 e. The summed E-state index contributed by atoms with van der Waals surface area (Å²) in [7, 11) is 1.71. The van der Waals surface area contributed by atoms with Crippen LogP contribution in [0.5, 0.6) is 5.75 Å². The molecule has 1 aromatic heterocycles. The van der Waals surface area contributed by atoms with Gasteiger partial charge in [0, 0.05) is 17.1 Å². The number of hydrogen-bond donors (Lipinski definition) is 0. The lowest BCUT2D eigenvalue weighted by Gasteiger charge is -2.14. The second-order valence-electron chi connectivity index (χ2n) is 5.75. The lowest BCUT2D eigenvalue weighted by molar-refractivity contribution is 0.106. The lowest BCUT2D eigenvalue weighted by Crippen LogP contribution is -2.00. The number of methoxy groups -OCH3 is 1. The number of aromatic nitrogens is 1. The van der Waals surface area contributed by atoms with Crippen molar-refractivity contribution in [1.82, 2.24) is 4.98 Å². The first-order valence-corrected chi connectivity index (χ1v) is 7.26. The van der Waals surface area contributed by atoms with Crippen molar-refractivity contribution in [2.45, 2.75) is 45.3 Å². The van der Waals surface area contributed by atoms with Gasteiger partial charge in [-0.25, -0.2) is 0 Å². The number of nitrogens with zero attached hydrogens (tertiary/aromatic N) is 1. The zero-order valence-corrected chi connectivity index (χ0v) is 12.3. The number of pyridine rings is 1. The summed E-state index contributed by atoms with van der Waals surface area (Å²) < 4.78 is 11.3. The average Bonchev–Trinajstić information content (AvgIpc) is 3.27. The summed E-state index contributed by atoms with van der Waals surface area (Å²) in [5, 5.41) is 1.18. The molecule has 0 saturated heterocycles. The van der Waals surface area contributed by atoms with Gasteiger partial charge in [-0.15, -0.1) is 0 Å². The predicted molar refractivity (Wildman–Crippen MR) is 80.2 cm³/mol. The second-order valence-corrected chi connectivity index (χ2v) is 5.75. The first-order chi connectivity index (χ1) is 9.69. The quantitative estimate of drug-likeness (QED) is 0.822. The van der Waals surface area contributed by atoms with Gasteiger partial charge in [-0.1, -0.05) is 13.8 Å². The van der Waals surface area contributed by atoms with Gasteiger partial charge in [0.25, 0.3) is 0 Å². The smallest absolute Gasteiger partial charge is 0.119 e. The Hall–Kier alpha value is -1.61. The Morgan fingerprint density at radius 3 is 2.75 bits per heavy atom. The van der Waals surface area contributed by atoms with Crippen LogP contribution in [0, 0.1) is 0 Å². The van der Waals surface area contributed by atoms with Gasteiger partial charge in [-0.05, 0) is 42.5 Å². The fraction of sp³-hybridized carbons (Fsp3) is 0.471. The van der Waals surface area contributed by atoms with E-state index in [0.29, 0.717) is 18.6 Å².